The molecule has 3 aromatic heterocycles. The lowest BCUT2D eigenvalue weighted by atomic mass is 10.1. The van der Waals surface area contributed by atoms with E-state index in [0.29, 0.717) is 45.1 Å². The molecule has 5 rings (SSSR count). The number of aromatic nitrogens is 4. The number of aromatic hydroxyl groups is 1. The Labute approximate surface area is 182 Å². The van der Waals surface area contributed by atoms with E-state index in [4.69, 9.17) is 4.52 Å². The number of hydrogen-bond donors (Lipinski definition) is 2. The molecule has 156 valence electrons. The van der Waals surface area contributed by atoms with E-state index in [0.717, 1.165) is 5.56 Å². The number of pyridine rings is 1. The van der Waals surface area contributed by atoms with E-state index in [1.807, 2.05) is 30.3 Å². The Balaban J connectivity index is 1.48. The van der Waals surface area contributed by atoms with Crippen molar-refractivity contribution < 1.29 is 14.4 Å². The third-order valence-corrected chi connectivity index (χ3v) is 4.95. The minimum atomic E-state index is -0.352. The molecular weight excluding hydrogens is 406 g/mol. The highest BCUT2D eigenvalue weighted by Crippen LogP contribution is 2.28. The number of amides is 1. The number of hydrogen-bond acceptors (Lipinski definition) is 7. The van der Waals surface area contributed by atoms with Crippen LogP contribution < -0.4 is 5.32 Å². The van der Waals surface area contributed by atoms with Crippen molar-refractivity contribution in [3.8, 4) is 28.4 Å². The van der Waals surface area contributed by atoms with Gasteiger partial charge in [0.25, 0.3) is 11.6 Å². The van der Waals surface area contributed by atoms with Crippen LogP contribution in [0.1, 0.15) is 16.1 Å². The molecule has 0 aliphatic carbocycles. The Bertz CT molecular complexity index is 1430. The fourth-order valence-corrected chi connectivity index (χ4v) is 3.42. The van der Waals surface area contributed by atoms with Crippen LogP contribution in [0.5, 0.6) is 5.75 Å². The molecule has 3 heterocycles. The lowest BCUT2D eigenvalue weighted by Crippen LogP contribution is -2.13. The first-order chi connectivity index (χ1) is 15.6. The maximum Gasteiger partial charge on any atom is 0.259 e. The summed E-state index contributed by atoms with van der Waals surface area (Å²) in [4.78, 5) is 26.3. The zero-order valence-corrected chi connectivity index (χ0v) is 17.0. The third kappa shape index (κ3) is 3.65. The van der Waals surface area contributed by atoms with Gasteiger partial charge in [-0.05, 0) is 25.1 Å². The number of nitrogens with one attached hydrogen (secondary N) is 1. The molecule has 0 radical (unpaired) electrons. The molecule has 0 aliphatic rings. The molecule has 32 heavy (non-hydrogen) atoms. The minimum Gasteiger partial charge on any atom is -0.508 e. The Kier molecular flexibility index (Phi) is 4.79. The number of phenols is 1. The smallest absolute Gasteiger partial charge is 0.259 e. The SMILES string of the molecule is Cc1noc2nc(-c3ccccc3)cc(C(=O)Nc3cnc(-c4cccc(O)c4)nc3)c12. The Hall–Kier alpha value is -4.59. The normalized spacial score (nSPS) is 10.9. The lowest BCUT2D eigenvalue weighted by Gasteiger charge is -2.08. The molecule has 0 bridgehead atoms. The topological polar surface area (TPSA) is 114 Å². The highest BCUT2D eigenvalue weighted by Gasteiger charge is 2.19. The first-order valence-electron chi connectivity index (χ1n) is 9.84. The van der Waals surface area contributed by atoms with Crippen molar-refractivity contribution in [1.29, 1.82) is 0 Å². The number of carbonyl (C=O) groups excluding carboxylic acids is 1. The van der Waals surface area contributed by atoms with Gasteiger partial charge in [-0.1, -0.05) is 47.6 Å². The van der Waals surface area contributed by atoms with Gasteiger partial charge in [0.15, 0.2) is 5.82 Å². The Morgan fingerprint density at radius 1 is 0.969 bits per heavy atom. The highest BCUT2D eigenvalue weighted by atomic mass is 16.5. The van der Waals surface area contributed by atoms with Gasteiger partial charge in [-0.2, -0.15) is 0 Å². The van der Waals surface area contributed by atoms with Gasteiger partial charge < -0.3 is 14.9 Å². The van der Waals surface area contributed by atoms with E-state index in [-0.39, 0.29) is 11.7 Å². The first kappa shape index (κ1) is 19.4. The van der Waals surface area contributed by atoms with Crippen LogP contribution in [0.2, 0.25) is 0 Å². The van der Waals surface area contributed by atoms with Crippen molar-refractivity contribution >= 4 is 22.7 Å². The molecule has 0 spiro atoms. The summed E-state index contributed by atoms with van der Waals surface area (Å²) < 4.78 is 5.34. The predicted molar refractivity (Wildman–Crippen MR) is 119 cm³/mol. The molecule has 8 nitrogen and oxygen atoms in total. The molecule has 0 saturated heterocycles. The van der Waals surface area contributed by atoms with Crippen LogP contribution >= 0.6 is 0 Å². The second kappa shape index (κ2) is 7.92. The van der Waals surface area contributed by atoms with Gasteiger partial charge in [-0.15, -0.1) is 0 Å². The fourth-order valence-electron chi connectivity index (χ4n) is 3.42. The van der Waals surface area contributed by atoms with Crippen molar-refractivity contribution in [2.75, 3.05) is 5.32 Å². The van der Waals surface area contributed by atoms with Gasteiger partial charge in [0.05, 0.1) is 40.4 Å². The maximum absolute atomic E-state index is 13.2. The number of benzene rings is 2. The number of phenolic OH excluding ortho intramolecular Hbond substituents is 1. The van der Waals surface area contributed by atoms with Gasteiger partial charge in [0.1, 0.15) is 5.75 Å². The summed E-state index contributed by atoms with van der Waals surface area (Å²) in [5, 5.41) is 17.0. The lowest BCUT2D eigenvalue weighted by molar-refractivity contribution is 0.102. The molecule has 8 heteroatoms. The number of rotatable bonds is 4. The molecule has 2 N–H and O–H groups in total. The van der Waals surface area contributed by atoms with Crippen LogP contribution in [0.4, 0.5) is 5.69 Å². The van der Waals surface area contributed by atoms with Crippen molar-refractivity contribution in [3.63, 3.8) is 0 Å². The number of fused-ring (bicyclic) bond motifs is 1. The number of aryl methyl sites for hydroxylation is 1. The quantitative estimate of drug-likeness (QED) is 0.434. The summed E-state index contributed by atoms with van der Waals surface area (Å²) in [6.07, 6.45) is 3.03. The average Bonchev–Trinajstić information content (AvgIpc) is 3.20. The molecule has 0 saturated carbocycles. The zero-order valence-electron chi connectivity index (χ0n) is 17.0. The van der Waals surface area contributed by atoms with Gasteiger partial charge >= 0.3 is 0 Å². The van der Waals surface area contributed by atoms with E-state index < -0.39 is 0 Å². The first-order valence-corrected chi connectivity index (χ1v) is 9.84. The largest absolute Gasteiger partial charge is 0.508 e. The van der Waals surface area contributed by atoms with Crippen LogP contribution in [0.3, 0.4) is 0 Å². The molecule has 0 aliphatic heterocycles. The van der Waals surface area contributed by atoms with Crippen molar-refractivity contribution in [3.05, 3.63) is 84.3 Å². The number of anilines is 1. The van der Waals surface area contributed by atoms with E-state index in [9.17, 15) is 9.90 Å². The summed E-state index contributed by atoms with van der Waals surface area (Å²) in [5.41, 5.74) is 3.83. The number of carbonyl (C=O) groups is 1. The molecule has 1 amide bonds. The van der Waals surface area contributed by atoms with Crippen LogP contribution in [0.25, 0.3) is 33.7 Å². The Morgan fingerprint density at radius 3 is 2.47 bits per heavy atom. The fraction of sp³-hybridized carbons (Fsp3) is 0.0417. The summed E-state index contributed by atoms with van der Waals surface area (Å²) in [7, 11) is 0. The van der Waals surface area contributed by atoms with Gasteiger partial charge in [0, 0.05) is 11.1 Å². The molecule has 0 atom stereocenters. The summed E-state index contributed by atoms with van der Waals surface area (Å²) in [6.45, 7) is 1.76. The van der Waals surface area contributed by atoms with Crippen molar-refractivity contribution in [1.82, 2.24) is 20.1 Å². The average molecular weight is 423 g/mol. The van der Waals surface area contributed by atoms with E-state index in [1.165, 1.54) is 12.4 Å². The van der Waals surface area contributed by atoms with Gasteiger partial charge in [-0.25, -0.2) is 15.0 Å². The maximum atomic E-state index is 13.2. The van der Waals surface area contributed by atoms with Crippen LogP contribution in [0, 0.1) is 6.92 Å². The minimum absolute atomic E-state index is 0.128. The van der Waals surface area contributed by atoms with Crippen LogP contribution in [-0.4, -0.2) is 31.1 Å². The third-order valence-electron chi connectivity index (χ3n) is 4.95. The molecule has 5 aromatic rings. The van der Waals surface area contributed by atoms with Crippen molar-refractivity contribution in [2.24, 2.45) is 0 Å². The summed E-state index contributed by atoms with van der Waals surface area (Å²) in [5.74, 6) is 0.213. The van der Waals surface area contributed by atoms with Gasteiger partial charge in [0.2, 0.25) is 0 Å². The standard InChI is InChI=1S/C24H17N5O3/c1-14-21-19(11-20(28-24(21)32-29-14)15-6-3-2-4-7-15)23(31)27-17-12-25-22(26-13-17)16-8-5-9-18(30)10-16/h2-13,30H,1H3,(H,27,31). The molecule has 0 fully saturated rings. The van der Waals surface area contributed by atoms with E-state index >= 15 is 0 Å². The number of nitrogens with zero attached hydrogens (tertiary/aromatic N) is 4. The second-order valence-corrected chi connectivity index (χ2v) is 7.17. The van der Waals surface area contributed by atoms with Crippen LogP contribution in [0.15, 0.2) is 77.6 Å². The zero-order chi connectivity index (χ0) is 22.1. The highest BCUT2D eigenvalue weighted by molar-refractivity contribution is 6.12. The summed E-state index contributed by atoms with van der Waals surface area (Å²) >= 11 is 0. The summed E-state index contributed by atoms with van der Waals surface area (Å²) in [6, 6.07) is 17.9. The van der Waals surface area contributed by atoms with Gasteiger partial charge in [-0.3, -0.25) is 4.79 Å². The van der Waals surface area contributed by atoms with Crippen LogP contribution in [-0.2, 0) is 0 Å². The Morgan fingerprint density at radius 2 is 1.72 bits per heavy atom. The predicted octanol–water partition coefficient (Wildman–Crippen LogP) is 4.61. The molecule has 0 unspecified atom stereocenters. The second-order valence-electron chi connectivity index (χ2n) is 7.17. The molecule has 2 aromatic carbocycles. The van der Waals surface area contributed by atoms with Crippen molar-refractivity contribution in [2.45, 2.75) is 6.92 Å². The van der Waals surface area contributed by atoms with E-state index in [1.54, 1.807) is 37.3 Å². The van der Waals surface area contributed by atoms with E-state index in [2.05, 4.69) is 25.4 Å². The molecular formula is C24H17N5O3. The monoisotopic (exact) mass is 423 g/mol.